The molecule has 0 bridgehead atoms. The zero-order valence-corrected chi connectivity index (χ0v) is 13.9. The van der Waals surface area contributed by atoms with Gasteiger partial charge < -0.3 is 0 Å². The molecule has 2 aromatic carbocycles. The number of halogens is 2. The van der Waals surface area contributed by atoms with Crippen LogP contribution in [-0.4, -0.2) is 24.7 Å². The summed E-state index contributed by atoms with van der Waals surface area (Å²) in [6, 6.07) is 12.1. The number of hydrogen-bond donors (Lipinski definition) is 1. The van der Waals surface area contributed by atoms with Crippen LogP contribution in [0.5, 0.6) is 0 Å². The average Bonchev–Trinajstić information content (AvgIpc) is 3.09. The minimum Gasteiger partial charge on any atom is -0.241 e. The number of aromatic nitrogens is 2. The van der Waals surface area contributed by atoms with E-state index in [0.717, 1.165) is 29.4 Å². The Morgan fingerprint density at radius 1 is 1.00 bits per heavy atom. The lowest BCUT2D eigenvalue weighted by Gasteiger charge is -2.09. The predicted molar refractivity (Wildman–Crippen MR) is 88.8 cm³/mol. The Morgan fingerprint density at radius 2 is 1.68 bits per heavy atom. The van der Waals surface area contributed by atoms with Gasteiger partial charge in [0.05, 0.1) is 5.69 Å². The lowest BCUT2D eigenvalue weighted by Crippen LogP contribution is -2.27. The van der Waals surface area contributed by atoms with E-state index in [0.29, 0.717) is 6.42 Å². The van der Waals surface area contributed by atoms with Crippen molar-refractivity contribution in [2.45, 2.75) is 11.3 Å². The highest BCUT2D eigenvalue weighted by Gasteiger charge is 2.23. The topological polar surface area (TPSA) is 64.0 Å². The van der Waals surface area contributed by atoms with Crippen molar-refractivity contribution in [1.82, 2.24) is 14.5 Å². The molecule has 0 saturated carbocycles. The molecule has 3 rings (SSSR count). The Labute approximate surface area is 144 Å². The summed E-state index contributed by atoms with van der Waals surface area (Å²) < 4.78 is 55.3. The van der Waals surface area contributed by atoms with Crippen LogP contribution in [0, 0.1) is 11.6 Å². The van der Waals surface area contributed by atoms with Gasteiger partial charge in [-0.3, -0.25) is 0 Å². The molecule has 5 nitrogen and oxygen atoms in total. The summed E-state index contributed by atoms with van der Waals surface area (Å²) >= 11 is 0. The van der Waals surface area contributed by atoms with Gasteiger partial charge in [0.15, 0.2) is 4.90 Å². The van der Waals surface area contributed by atoms with E-state index < -0.39 is 26.6 Å². The van der Waals surface area contributed by atoms with Crippen LogP contribution in [0.1, 0.15) is 5.56 Å². The summed E-state index contributed by atoms with van der Waals surface area (Å²) in [6.45, 7) is 0.0250. The van der Waals surface area contributed by atoms with Crippen LogP contribution < -0.4 is 4.72 Å². The molecule has 0 saturated heterocycles. The summed E-state index contributed by atoms with van der Waals surface area (Å²) in [5.74, 6) is -2.23. The van der Waals surface area contributed by atoms with Crippen LogP contribution in [0.25, 0.3) is 5.69 Å². The molecule has 0 unspecified atom stereocenters. The highest BCUT2D eigenvalue weighted by atomic mass is 32.2. The second kappa shape index (κ2) is 7.12. The third-order valence-electron chi connectivity index (χ3n) is 3.60. The third-order valence-corrected chi connectivity index (χ3v) is 5.11. The molecule has 3 aromatic rings. The first-order valence-electron chi connectivity index (χ1n) is 7.50. The summed E-state index contributed by atoms with van der Waals surface area (Å²) in [7, 11) is -4.25. The predicted octanol–water partition coefficient (Wildman–Crippen LogP) is 2.67. The Bertz CT molecular complexity index is 936. The van der Waals surface area contributed by atoms with Crippen molar-refractivity contribution in [3.63, 3.8) is 0 Å². The van der Waals surface area contributed by atoms with Crippen molar-refractivity contribution in [3.05, 3.63) is 78.1 Å². The number of rotatable bonds is 6. The first kappa shape index (κ1) is 17.2. The van der Waals surface area contributed by atoms with E-state index in [2.05, 4.69) is 9.82 Å². The summed E-state index contributed by atoms with van der Waals surface area (Å²) in [5, 5.41) is 4.11. The molecular formula is C17H15F2N3O2S. The second-order valence-corrected chi connectivity index (χ2v) is 7.02. The highest BCUT2D eigenvalue weighted by molar-refractivity contribution is 7.89. The Kier molecular flexibility index (Phi) is 4.91. The quantitative estimate of drug-likeness (QED) is 0.732. The van der Waals surface area contributed by atoms with E-state index in [9.17, 15) is 17.2 Å². The highest BCUT2D eigenvalue weighted by Crippen LogP contribution is 2.18. The number of nitrogens with zero attached hydrogens (tertiary/aromatic N) is 2. The van der Waals surface area contributed by atoms with E-state index in [4.69, 9.17) is 0 Å². The Hall–Kier alpha value is -2.58. The van der Waals surface area contributed by atoms with E-state index in [1.54, 1.807) is 10.9 Å². The molecule has 0 radical (unpaired) electrons. The van der Waals surface area contributed by atoms with Crippen LogP contribution in [0.2, 0.25) is 0 Å². The third kappa shape index (κ3) is 3.92. The standard InChI is InChI=1S/C17H15F2N3O2S/c18-15-3-1-4-16(19)17(15)25(23,24)21-11-9-13-5-7-14(8-6-13)22-12-2-10-20-22/h1-8,10,12,21H,9,11H2. The largest absolute Gasteiger partial charge is 0.246 e. The maximum absolute atomic E-state index is 13.6. The molecule has 0 spiro atoms. The molecule has 0 amide bonds. The molecule has 1 aromatic heterocycles. The minimum absolute atomic E-state index is 0.0250. The molecule has 130 valence electrons. The van der Waals surface area contributed by atoms with Gasteiger partial charge in [-0.25, -0.2) is 26.6 Å². The number of benzene rings is 2. The maximum atomic E-state index is 13.6. The van der Waals surface area contributed by atoms with E-state index in [1.165, 1.54) is 0 Å². The zero-order chi connectivity index (χ0) is 17.9. The summed E-state index contributed by atoms with van der Waals surface area (Å²) in [6.07, 6.45) is 3.87. The number of nitrogens with one attached hydrogen (secondary N) is 1. The van der Waals surface area contributed by atoms with E-state index in [-0.39, 0.29) is 6.54 Å². The minimum atomic E-state index is -4.25. The van der Waals surface area contributed by atoms with Crippen molar-refractivity contribution >= 4 is 10.0 Å². The molecule has 0 aliphatic carbocycles. The first-order valence-corrected chi connectivity index (χ1v) is 8.98. The lowest BCUT2D eigenvalue weighted by molar-refractivity contribution is 0.514. The fraction of sp³-hybridized carbons (Fsp3) is 0.118. The van der Waals surface area contributed by atoms with Gasteiger partial charge in [0.25, 0.3) is 0 Å². The fourth-order valence-corrected chi connectivity index (χ4v) is 3.54. The number of sulfonamides is 1. The van der Waals surface area contributed by atoms with Gasteiger partial charge >= 0.3 is 0 Å². The SMILES string of the molecule is O=S(=O)(NCCc1ccc(-n2cccn2)cc1)c1c(F)cccc1F. The maximum Gasteiger partial charge on any atom is 0.246 e. The average molecular weight is 363 g/mol. The molecule has 8 heteroatoms. The molecule has 0 atom stereocenters. The van der Waals surface area contributed by atoms with Crippen LogP contribution in [0.3, 0.4) is 0 Å². The van der Waals surface area contributed by atoms with Crippen molar-refractivity contribution in [2.24, 2.45) is 0 Å². The zero-order valence-electron chi connectivity index (χ0n) is 13.1. The molecule has 1 heterocycles. The summed E-state index contributed by atoms with van der Waals surface area (Å²) in [4.78, 5) is -0.955. The lowest BCUT2D eigenvalue weighted by atomic mass is 10.1. The van der Waals surface area contributed by atoms with Crippen molar-refractivity contribution in [3.8, 4) is 5.69 Å². The monoisotopic (exact) mass is 363 g/mol. The van der Waals surface area contributed by atoms with E-state index in [1.807, 2.05) is 36.5 Å². The normalized spacial score (nSPS) is 11.6. The van der Waals surface area contributed by atoms with Crippen molar-refractivity contribution in [2.75, 3.05) is 6.54 Å². The Morgan fingerprint density at radius 3 is 2.28 bits per heavy atom. The van der Waals surface area contributed by atoms with Gasteiger partial charge in [0, 0.05) is 18.9 Å². The molecule has 1 N–H and O–H groups in total. The number of hydrogen-bond acceptors (Lipinski definition) is 3. The van der Waals surface area contributed by atoms with Gasteiger partial charge in [-0.05, 0) is 42.3 Å². The molecular weight excluding hydrogens is 348 g/mol. The summed E-state index contributed by atoms with van der Waals surface area (Å²) in [5.41, 5.74) is 1.76. The van der Waals surface area contributed by atoms with Crippen LogP contribution in [-0.2, 0) is 16.4 Å². The molecule has 25 heavy (non-hydrogen) atoms. The van der Waals surface area contributed by atoms with Gasteiger partial charge in [-0.1, -0.05) is 18.2 Å². The van der Waals surface area contributed by atoms with Crippen molar-refractivity contribution in [1.29, 1.82) is 0 Å². The van der Waals surface area contributed by atoms with Gasteiger partial charge in [-0.15, -0.1) is 0 Å². The second-order valence-electron chi connectivity index (χ2n) is 5.32. The van der Waals surface area contributed by atoms with Gasteiger partial charge in [-0.2, -0.15) is 5.10 Å². The van der Waals surface area contributed by atoms with Crippen molar-refractivity contribution < 1.29 is 17.2 Å². The molecule has 0 fully saturated rings. The van der Waals surface area contributed by atoms with Crippen LogP contribution in [0.15, 0.2) is 65.8 Å². The van der Waals surface area contributed by atoms with Crippen LogP contribution >= 0.6 is 0 Å². The van der Waals surface area contributed by atoms with Gasteiger partial charge in [0.2, 0.25) is 10.0 Å². The molecule has 0 aliphatic rings. The first-order chi connectivity index (χ1) is 12.0. The van der Waals surface area contributed by atoms with E-state index >= 15 is 0 Å². The molecule has 0 aliphatic heterocycles. The smallest absolute Gasteiger partial charge is 0.241 e. The Balaban J connectivity index is 1.64. The fourth-order valence-electron chi connectivity index (χ4n) is 2.38. The van der Waals surface area contributed by atoms with Crippen LogP contribution in [0.4, 0.5) is 8.78 Å². The van der Waals surface area contributed by atoms with Gasteiger partial charge in [0.1, 0.15) is 11.6 Å².